The Kier molecular flexibility index (Phi) is 6.94. The van der Waals surface area contributed by atoms with E-state index in [0.717, 1.165) is 19.3 Å². The Labute approximate surface area is 120 Å². The van der Waals surface area contributed by atoms with E-state index in [-0.39, 0.29) is 23.9 Å². The second-order valence-corrected chi connectivity index (χ2v) is 6.91. The molecule has 0 spiro atoms. The van der Waals surface area contributed by atoms with E-state index in [9.17, 15) is 9.90 Å². The van der Waals surface area contributed by atoms with Crippen LogP contribution in [0.4, 0.5) is 0 Å². The minimum atomic E-state index is -0.466. The minimum absolute atomic E-state index is 0.0694. The van der Waals surface area contributed by atoms with Crippen molar-refractivity contribution in [3.8, 4) is 0 Å². The molecule has 0 radical (unpaired) electrons. The van der Waals surface area contributed by atoms with Gasteiger partial charge in [-0.1, -0.05) is 57.2 Å². The number of hydrogen-bond donors (Lipinski definition) is 2. The summed E-state index contributed by atoms with van der Waals surface area (Å²) < 4.78 is -0.466. The van der Waals surface area contributed by atoms with E-state index in [1.54, 1.807) is 0 Å². The van der Waals surface area contributed by atoms with Crippen LogP contribution in [0.25, 0.3) is 0 Å². The van der Waals surface area contributed by atoms with Crippen molar-refractivity contribution in [2.45, 2.75) is 70.0 Å². The van der Waals surface area contributed by atoms with Gasteiger partial charge in [0.15, 0.2) is 0 Å². The highest BCUT2D eigenvalue weighted by Crippen LogP contribution is 2.46. The van der Waals surface area contributed by atoms with Crippen LogP contribution in [0.5, 0.6) is 0 Å². The van der Waals surface area contributed by atoms with Crippen LogP contribution >= 0.6 is 11.8 Å². The lowest BCUT2D eigenvalue weighted by molar-refractivity contribution is -0.108. The van der Waals surface area contributed by atoms with Crippen molar-refractivity contribution in [3.63, 3.8) is 0 Å². The number of rotatable bonds is 9. The predicted molar refractivity (Wildman–Crippen MR) is 80.4 cm³/mol. The number of aliphatic hydroxyl groups excluding tert-OH is 2. The van der Waals surface area contributed by atoms with Gasteiger partial charge in [-0.3, -0.25) is 4.79 Å². The number of aliphatic hydroxyl groups is 2. The Bertz CT molecular complexity index is 338. The van der Waals surface area contributed by atoms with Crippen LogP contribution < -0.4 is 0 Å². The van der Waals surface area contributed by atoms with E-state index in [1.165, 1.54) is 37.4 Å². The number of thioether (sulfide) groups is 1. The molecule has 0 saturated carbocycles. The second kappa shape index (κ2) is 7.95. The molecule has 110 valence electrons. The maximum atomic E-state index is 11.8. The summed E-state index contributed by atoms with van der Waals surface area (Å²) in [5.41, 5.74) is 0.418. The molecule has 0 aliphatic carbocycles. The smallest absolute Gasteiger partial charge is 0.219 e. The Morgan fingerprint density at radius 1 is 1.16 bits per heavy atom. The predicted octanol–water partition coefficient (Wildman–Crippen LogP) is 3.96. The lowest BCUT2D eigenvalue weighted by Crippen LogP contribution is -2.20. The second-order valence-electron chi connectivity index (χ2n) is 5.44. The summed E-state index contributed by atoms with van der Waals surface area (Å²) in [6, 6.07) is 0. The number of unbranched alkanes of at least 4 members (excludes halogenated alkanes) is 5. The first-order valence-electron chi connectivity index (χ1n) is 7.32. The SMILES string of the molecule is CCCCCCCCC1(C)SC(=O)C(CCO)=C1O. The average molecular weight is 286 g/mol. The van der Waals surface area contributed by atoms with Gasteiger partial charge >= 0.3 is 0 Å². The van der Waals surface area contributed by atoms with Gasteiger partial charge in [-0.05, 0) is 13.3 Å². The average Bonchev–Trinajstić information content (AvgIpc) is 2.58. The first kappa shape index (κ1) is 16.6. The van der Waals surface area contributed by atoms with Crippen molar-refractivity contribution in [1.29, 1.82) is 0 Å². The quantitative estimate of drug-likeness (QED) is 0.630. The highest BCUT2D eigenvalue weighted by atomic mass is 32.2. The molecule has 0 saturated heterocycles. The zero-order valence-corrected chi connectivity index (χ0v) is 12.9. The molecule has 1 rings (SSSR count). The zero-order chi connectivity index (χ0) is 14.3. The van der Waals surface area contributed by atoms with Crippen LogP contribution in [0.3, 0.4) is 0 Å². The third kappa shape index (κ3) is 4.53. The molecule has 1 aliphatic heterocycles. The molecule has 1 heterocycles. The topological polar surface area (TPSA) is 57.5 Å². The van der Waals surface area contributed by atoms with Crippen molar-refractivity contribution in [1.82, 2.24) is 0 Å². The lowest BCUT2D eigenvalue weighted by Gasteiger charge is -2.22. The Hall–Kier alpha value is -0.480. The molecule has 0 aromatic rings. The van der Waals surface area contributed by atoms with E-state index in [4.69, 9.17) is 5.11 Å². The summed E-state index contributed by atoms with van der Waals surface area (Å²) in [4.78, 5) is 11.8. The maximum Gasteiger partial charge on any atom is 0.219 e. The van der Waals surface area contributed by atoms with Gasteiger partial charge in [0.1, 0.15) is 5.76 Å². The molecule has 3 nitrogen and oxygen atoms in total. The van der Waals surface area contributed by atoms with Gasteiger partial charge in [0.25, 0.3) is 0 Å². The third-order valence-electron chi connectivity index (χ3n) is 3.72. The molecule has 0 aromatic carbocycles. The third-order valence-corrected chi connectivity index (χ3v) is 5.00. The Morgan fingerprint density at radius 3 is 2.42 bits per heavy atom. The van der Waals surface area contributed by atoms with E-state index >= 15 is 0 Å². The molecule has 19 heavy (non-hydrogen) atoms. The highest BCUT2D eigenvalue weighted by molar-refractivity contribution is 8.15. The first-order valence-corrected chi connectivity index (χ1v) is 8.13. The van der Waals surface area contributed by atoms with Gasteiger partial charge in [0.2, 0.25) is 5.12 Å². The van der Waals surface area contributed by atoms with Crippen molar-refractivity contribution in [2.24, 2.45) is 0 Å². The molecule has 0 aromatic heterocycles. The monoisotopic (exact) mass is 286 g/mol. The molecule has 0 bridgehead atoms. The lowest BCUT2D eigenvalue weighted by atomic mass is 9.96. The van der Waals surface area contributed by atoms with Crippen molar-refractivity contribution >= 4 is 16.9 Å². The fraction of sp³-hybridized carbons (Fsp3) is 0.800. The maximum absolute atomic E-state index is 11.8. The fourth-order valence-corrected chi connectivity index (χ4v) is 3.67. The molecule has 0 amide bonds. The van der Waals surface area contributed by atoms with Gasteiger partial charge < -0.3 is 10.2 Å². The molecule has 0 fully saturated rings. The van der Waals surface area contributed by atoms with Gasteiger partial charge in [0.05, 0.1) is 4.75 Å². The molecule has 2 N–H and O–H groups in total. The van der Waals surface area contributed by atoms with Crippen LogP contribution in [0.1, 0.15) is 65.2 Å². The summed E-state index contributed by atoms with van der Waals surface area (Å²) in [7, 11) is 0. The van der Waals surface area contributed by atoms with Gasteiger partial charge in [0, 0.05) is 18.6 Å². The van der Waals surface area contributed by atoms with E-state index < -0.39 is 4.75 Å². The molecular formula is C15H26O3S. The van der Waals surface area contributed by atoms with Crippen molar-refractivity contribution < 1.29 is 15.0 Å². The largest absolute Gasteiger partial charge is 0.510 e. The van der Waals surface area contributed by atoms with E-state index in [2.05, 4.69) is 6.92 Å². The summed E-state index contributed by atoms with van der Waals surface area (Å²) in [5, 5.41) is 19.0. The van der Waals surface area contributed by atoms with Crippen LogP contribution in [0.15, 0.2) is 11.3 Å². The number of carbonyl (C=O) groups excluding carboxylic acids is 1. The normalized spacial score (nSPS) is 23.4. The molecule has 1 aliphatic rings. The highest BCUT2D eigenvalue weighted by Gasteiger charge is 2.42. The summed E-state index contributed by atoms with van der Waals surface area (Å²) in [6.45, 7) is 4.05. The summed E-state index contributed by atoms with van der Waals surface area (Å²) >= 11 is 1.22. The van der Waals surface area contributed by atoms with Crippen LogP contribution in [-0.4, -0.2) is 26.7 Å². The van der Waals surface area contributed by atoms with Crippen LogP contribution in [0.2, 0.25) is 0 Å². The van der Waals surface area contributed by atoms with E-state index in [0.29, 0.717) is 5.57 Å². The van der Waals surface area contributed by atoms with Gasteiger partial charge in [-0.15, -0.1) is 0 Å². The first-order chi connectivity index (χ1) is 9.05. The molecular weight excluding hydrogens is 260 g/mol. The van der Waals surface area contributed by atoms with Crippen LogP contribution in [0, 0.1) is 0 Å². The van der Waals surface area contributed by atoms with E-state index in [1.807, 2.05) is 6.92 Å². The minimum Gasteiger partial charge on any atom is -0.510 e. The fourth-order valence-electron chi connectivity index (χ4n) is 2.47. The molecule has 1 unspecified atom stereocenters. The zero-order valence-electron chi connectivity index (χ0n) is 12.1. The molecule has 4 heteroatoms. The standard InChI is InChI=1S/C15H26O3S/c1-3-4-5-6-7-8-10-15(2)13(17)12(9-11-16)14(18)19-15/h16-17H,3-11H2,1-2H3. The molecule has 1 atom stereocenters. The number of hydrogen-bond acceptors (Lipinski definition) is 4. The van der Waals surface area contributed by atoms with Crippen molar-refractivity contribution in [3.05, 3.63) is 11.3 Å². The Balaban J connectivity index is 2.42. The van der Waals surface area contributed by atoms with Crippen molar-refractivity contribution in [2.75, 3.05) is 6.61 Å². The summed E-state index contributed by atoms with van der Waals surface area (Å²) in [6.07, 6.45) is 8.34. The van der Waals surface area contributed by atoms with Gasteiger partial charge in [-0.25, -0.2) is 0 Å². The number of carbonyl (C=O) groups is 1. The van der Waals surface area contributed by atoms with Gasteiger partial charge in [-0.2, -0.15) is 0 Å². The van der Waals surface area contributed by atoms with Crippen LogP contribution in [-0.2, 0) is 4.79 Å². The Morgan fingerprint density at radius 2 is 1.79 bits per heavy atom. The summed E-state index contributed by atoms with van der Waals surface area (Å²) in [5.74, 6) is 0.199.